The molecule has 0 saturated heterocycles. The summed E-state index contributed by atoms with van der Waals surface area (Å²) in [6, 6.07) is 2.06. The van der Waals surface area contributed by atoms with Crippen molar-refractivity contribution in [2.45, 2.75) is 12.5 Å². The maximum Gasteiger partial charge on any atom is 0.354 e. The lowest BCUT2D eigenvalue weighted by Crippen LogP contribution is -2.28. The van der Waals surface area contributed by atoms with E-state index in [0.29, 0.717) is 24.3 Å². The van der Waals surface area contributed by atoms with Crippen molar-refractivity contribution in [1.82, 2.24) is 20.5 Å². The Bertz CT molecular complexity index is 850. The predicted octanol–water partition coefficient (Wildman–Crippen LogP) is 3.79. The molecule has 0 atom stereocenters. The summed E-state index contributed by atoms with van der Waals surface area (Å²) in [4.78, 5) is 11.0. The van der Waals surface area contributed by atoms with Crippen molar-refractivity contribution in [2.75, 3.05) is 11.9 Å². The number of nitrogens with one attached hydrogen (secondary N) is 3. The van der Waals surface area contributed by atoms with Crippen molar-refractivity contribution in [3.05, 3.63) is 66.1 Å². The fourth-order valence-electron chi connectivity index (χ4n) is 2.52. The summed E-state index contributed by atoms with van der Waals surface area (Å²) in [6.07, 6.45) is 5.23. The maximum atomic E-state index is 14.1. The molecule has 0 aliphatic carbocycles. The van der Waals surface area contributed by atoms with Gasteiger partial charge in [0, 0.05) is 42.2 Å². The van der Waals surface area contributed by atoms with Crippen LogP contribution in [0.4, 0.5) is 23.5 Å². The quantitative estimate of drug-likeness (QED) is 0.339. The number of H-pyrrole nitrogens is 1. The van der Waals surface area contributed by atoms with Gasteiger partial charge in [0.15, 0.2) is 0 Å². The van der Waals surface area contributed by atoms with Gasteiger partial charge in [-0.1, -0.05) is 17.7 Å². The van der Waals surface area contributed by atoms with Crippen molar-refractivity contribution in [3.63, 3.8) is 0 Å². The van der Waals surface area contributed by atoms with Crippen LogP contribution in [0.3, 0.4) is 0 Å². The minimum atomic E-state index is -4.02. The number of alkyl halides is 2. The molecular formula is C17H15F4N5. The van der Waals surface area contributed by atoms with Gasteiger partial charge in [0.2, 0.25) is 0 Å². The van der Waals surface area contributed by atoms with Gasteiger partial charge in [-0.15, -0.1) is 4.48 Å². The Morgan fingerprint density at radius 2 is 1.96 bits per heavy atom. The second kappa shape index (κ2) is 7.52. The molecule has 0 saturated carbocycles. The molecule has 3 rings (SSSR count). The van der Waals surface area contributed by atoms with Crippen LogP contribution in [0.5, 0.6) is 0 Å². The highest BCUT2D eigenvalue weighted by atomic mass is 19.3. The smallest absolute Gasteiger partial charge is 0.354 e. The summed E-state index contributed by atoms with van der Waals surface area (Å²) >= 11 is 0. The Kier molecular flexibility index (Phi) is 5.17. The number of nitrogens with zero attached hydrogens (tertiary/aromatic N) is 2. The maximum absolute atomic E-state index is 14.1. The number of hydrogen-bond donors (Lipinski definition) is 3. The van der Waals surface area contributed by atoms with Gasteiger partial charge in [-0.05, 0) is 18.2 Å². The minimum absolute atomic E-state index is 0.118. The van der Waals surface area contributed by atoms with Gasteiger partial charge in [0.25, 0.3) is 0 Å². The molecule has 0 unspecified atom stereocenters. The van der Waals surface area contributed by atoms with E-state index in [9.17, 15) is 17.7 Å². The average Bonchev–Trinajstić information content (AvgIpc) is 3.16. The van der Waals surface area contributed by atoms with E-state index in [4.69, 9.17) is 0 Å². The second-order valence-corrected chi connectivity index (χ2v) is 5.52. The highest BCUT2D eigenvalue weighted by molar-refractivity contribution is 5.69. The van der Waals surface area contributed by atoms with Crippen molar-refractivity contribution in [1.29, 1.82) is 0 Å². The lowest BCUT2D eigenvalue weighted by Gasteiger charge is -2.18. The van der Waals surface area contributed by atoms with Crippen LogP contribution in [0, 0.1) is 5.82 Å². The highest BCUT2D eigenvalue weighted by Crippen LogP contribution is 2.36. The van der Waals surface area contributed by atoms with Crippen LogP contribution in [0.2, 0.25) is 0 Å². The lowest BCUT2D eigenvalue weighted by atomic mass is 9.99. The van der Waals surface area contributed by atoms with Crippen molar-refractivity contribution >= 4 is 5.82 Å². The Morgan fingerprint density at radius 3 is 2.62 bits per heavy atom. The Morgan fingerprint density at radius 1 is 1.12 bits per heavy atom. The molecule has 136 valence electrons. The number of hydrogen-bond acceptors (Lipinski definition) is 4. The van der Waals surface area contributed by atoms with Gasteiger partial charge in [-0.3, -0.25) is 0 Å². The number of aromatic amines is 1. The first kappa shape index (κ1) is 17.9. The third-order valence-electron chi connectivity index (χ3n) is 3.78. The Hall–Kier alpha value is -2.94. The third-order valence-corrected chi connectivity index (χ3v) is 3.78. The summed E-state index contributed by atoms with van der Waals surface area (Å²) in [5, 5.41) is 3.06. The second-order valence-electron chi connectivity index (χ2n) is 5.52. The number of halogens is 4. The van der Waals surface area contributed by atoms with Crippen LogP contribution >= 0.6 is 0 Å². The molecule has 0 amide bonds. The first-order valence-electron chi connectivity index (χ1n) is 7.73. The van der Waals surface area contributed by atoms with Crippen molar-refractivity contribution in [3.8, 4) is 11.1 Å². The van der Waals surface area contributed by atoms with Crippen LogP contribution in [-0.2, 0) is 12.5 Å². The van der Waals surface area contributed by atoms with Crippen LogP contribution in [0.1, 0.15) is 11.3 Å². The topological polar surface area (TPSA) is 65.6 Å². The molecule has 0 fully saturated rings. The fourth-order valence-corrected chi connectivity index (χ4v) is 2.52. The van der Waals surface area contributed by atoms with E-state index in [0.717, 1.165) is 23.9 Å². The number of imidazole rings is 1. The monoisotopic (exact) mass is 365 g/mol. The molecule has 2 heterocycles. The summed E-state index contributed by atoms with van der Waals surface area (Å²) in [7, 11) is 0. The van der Waals surface area contributed by atoms with Crippen molar-refractivity contribution < 1.29 is 17.7 Å². The number of pyridine rings is 1. The van der Waals surface area contributed by atoms with Gasteiger partial charge in [-0.2, -0.15) is 8.78 Å². The average molecular weight is 365 g/mol. The molecule has 5 nitrogen and oxygen atoms in total. The summed E-state index contributed by atoms with van der Waals surface area (Å²) < 4.78 is 54.0. The third kappa shape index (κ3) is 3.83. The van der Waals surface area contributed by atoms with Crippen molar-refractivity contribution in [2.24, 2.45) is 0 Å². The Labute approximate surface area is 146 Å². The Balaban J connectivity index is 1.78. The fraction of sp³-hybridized carbons (Fsp3) is 0.176. The van der Waals surface area contributed by atoms with Crippen LogP contribution in [0.15, 0.2) is 49.1 Å². The molecule has 0 radical (unpaired) electrons. The summed E-state index contributed by atoms with van der Waals surface area (Å²) in [5.74, 6) is -0.388. The molecule has 9 heteroatoms. The summed E-state index contributed by atoms with van der Waals surface area (Å²) in [6.45, 7) is 0.573. The first-order chi connectivity index (χ1) is 12.5. The number of aromatic nitrogens is 3. The zero-order valence-electron chi connectivity index (χ0n) is 13.4. The first-order valence-corrected chi connectivity index (χ1v) is 7.73. The van der Waals surface area contributed by atoms with E-state index in [1.807, 2.05) is 0 Å². The van der Waals surface area contributed by atoms with Gasteiger partial charge < -0.3 is 10.3 Å². The molecule has 0 aliphatic heterocycles. The van der Waals surface area contributed by atoms with Gasteiger partial charge in [0.05, 0.1) is 11.9 Å². The molecule has 0 bridgehead atoms. The lowest BCUT2D eigenvalue weighted by molar-refractivity contribution is -0.0938. The molecule has 3 aromatic rings. The SMILES string of the molecule is FNC(F)(F)c1cccc(F)c1-c1ccc(NCCc2cnc[nH]2)nc1. The molecule has 1 aromatic carbocycles. The van der Waals surface area contributed by atoms with E-state index >= 15 is 0 Å². The van der Waals surface area contributed by atoms with E-state index in [1.54, 1.807) is 18.6 Å². The number of rotatable bonds is 7. The zero-order chi connectivity index (χ0) is 18.6. The molecule has 3 N–H and O–H groups in total. The van der Waals surface area contributed by atoms with Crippen LogP contribution in [0.25, 0.3) is 11.1 Å². The number of benzene rings is 1. The largest absolute Gasteiger partial charge is 0.370 e. The minimum Gasteiger partial charge on any atom is -0.370 e. The van der Waals surface area contributed by atoms with E-state index in [-0.39, 0.29) is 5.56 Å². The molecule has 0 spiro atoms. The van der Waals surface area contributed by atoms with E-state index in [2.05, 4.69) is 20.3 Å². The normalized spacial score (nSPS) is 11.5. The standard InChI is InChI=1S/C17H15F4N5/c18-14-3-1-2-13(17(19,20)26-21)16(14)11-4-5-15(24-8-11)23-7-6-12-9-22-10-25-12/h1-5,8-10,26H,6-7H2,(H,22,25)(H,23,24). The van der Waals surface area contributed by atoms with E-state index in [1.165, 1.54) is 12.3 Å². The number of anilines is 1. The van der Waals surface area contributed by atoms with Gasteiger partial charge >= 0.3 is 6.05 Å². The van der Waals surface area contributed by atoms with E-state index < -0.39 is 23.0 Å². The zero-order valence-corrected chi connectivity index (χ0v) is 13.4. The molecule has 0 aliphatic rings. The summed E-state index contributed by atoms with van der Waals surface area (Å²) in [5.41, 5.74) is 0.267. The molecule has 2 aromatic heterocycles. The van der Waals surface area contributed by atoms with Crippen LogP contribution < -0.4 is 10.9 Å². The van der Waals surface area contributed by atoms with Gasteiger partial charge in [0.1, 0.15) is 11.6 Å². The molecular weight excluding hydrogens is 350 g/mol. The van der Waals surface area contributed by atoms with Crippen LogP contribution in [-0.4, -0.2) is 21.5 Å². The molecule has 26 heavy (non-hydrogen) atoms. The predicted molar refractivity (Wildman–Crippen MR) is 88.6 cm³/mol. The van der Waals surface area contributed by atoms with Gasteiger partial charge in [-0.25, -0.2) is 14.4 Å². The highest BCUT2D eigenvalue weighted by Gasteiger charge is 2.35.